The highest BCUT2D eigenvalue weighted by molar-refractivity contribution is 7.80. The summed E-state index contributed by atoms with van der Waals surface area (Å²) in [6.45, 7) is -0.431. The number of carbonyl (C=O) groups is 1. The zero-order valence-electron chi connectivity index (χ0n) is 21.7. The molecule has 0 saturated heterocycles. The summed E-state index contributed by atoms with van der Waals surface area (Å²) in [6, 6.07) is 6.09. The Morgan fingerprint density at radius 2 is 1.83 bits per heavy atom. The van der Waals surface area contributed by atoms with Crippen molar-refractivity contribution in [3.05, 3.63) is 71.3 Å². The summed E-state index contributed by atoms with van der Waals surface area (Å²) in [7, 11) is -3.19. The molecule has 2 aliphatic rings. The van der Waals surface area contributed by atoms with Crippen LogP contribution in [-0.2, 0) is 20.2 Å². The molecule has 4 aromatic rings. The van der Waals surface area contributed by atoms with Crippen molar-refractivity contribution in [1.82, 2.24) is 24.4 Å². The molecule has 2 aromatic heterocycles. The number of alkyl halides is 2. The van der Waals surface area contributed by atoms with Crippen LogP contribution < -0.4 is 4.74 Å². The number of ether oxygens (including phenoxy) is 1. The van der Waals surface area contributed by atoms with E-state index in [4.69, 9.17) is 9.29 Å². The molecule has 2 aromatic carbocycles. The largest absolute Gasteiger partial charge is 0.434 e. The minimum atomic E-state index is -4.80. The smallest absolute Gasteiger partial charge is 0.398 e. The molecular weight excluding hydrogens is 567 g/mol. The van der Waals surface area contributed by atoms with Gasteiger partial charge in [-0.1, -0.05) is 6.07 Å². The van der Waals surface area contributed by atoms with Crippen LogP contribution in [0.25, 0.3) is 22.2 Å². The SMILES string of the molecule is CN1C(=O)c2cccc(OC(F)F)c2[C@H]2C[C@@H]1c1nc3cc(F)c(-c4cnc(C(C)(C)OS(=O)(=O)O)nc4)cc3n12. The normalized spacial score (nSPS) is 18.5. The van der Waals surface area contributed by atoms with E-state index in [1.807, 2.05) is 0 Å². The summed E-state index contributed by atoms with van der Waals surface area (Å²) >= 11 is 0. The first kappa shape index (κ1) is 27.1. The number of nitrogens with zero attached hydrogens (tertiary/aromatic N) is 5. The Kier molecular flexibility index (Phi) is 6.10. The first-order valence-corrected chi connectivity index (χ1v) is 13.7. The van der Waals surface area contributed by atoms with Gasteiger partial charge in [0.25, 0.3) is 5.91 Å². The van der Waals surface area contributed by atoms with Gasteiger partial charge in [0.05, 0.1) is 23.1 Å². The molecule has 6 rings (SSSR count). The van der Waals surface area contributed by atoms with Crippen LogP contribution in [0.1, 0.15) is 59.9 Å². The number of hydrogen-bond donors (Lipinski definition) is 1. The van der Waals surface area contributed by atoms with Crippen molar-refractivity contribution >= 4 is 27.3 Å². The summed E-state index contributed by atoms with van der Waals surface area (Å²) in [6.07, 6.45) is 2.91. The highest BCUT2D eigenvalue weighted by Gasteiger charge is 2.45. The number of halogens is 3. The second kappa shape index (κ2) is 9.22. The Morgan fingerprint density at radius 1 is 1.12 bits per heavy atom. The number of benzene rings is 2. The molecule has 2 bridgehead atoms. The van der Waals surface area contributed by atoms with Crippen molar-refractivity contribution in [2.45, 2.75) is 44.6 Å². The van der Waals surface area contributed by atoms with Crippen molar-refractivity contribution in [3.8, 4) is 16.9 Å². The highest BCUT2D eigenvalue weighted by Crippen LogP contribution is 2.50. The molecule has 0 radical (unpaired) electrons. The van der Waals surface area contributed by atoms with Gasteiger partial charge in [-0.15, -0.1) is 0 Å². The van der Waals surface area contributed by atoms with Gasteiger partial charge in [0.15, 0.2) is 5.82 Å². The van der Waals surface area contributed by atoms with Gasteiger partial charge < -0.3 is 14.2 Å². The summed E-state index contributed by atoms with van der Waals surface area (Å²) in [5.74, 6) is -0.734. The van der Waals surface area contributed by atoms with E-state index in [1.54, 1.807) is 17.7 Å². The fourth-order valence-corrected chi connectivity index (χ4v) is 6.20. The Labute approximate surface area is 231 Å². The second-order valence-electron chi connectivity index (χ2n) is 10.3. The van der Waals surface area contributed by atoms with Gasteiger partial charge in [0, 0.05) is 54.2 Å². The molecule has 2 atom stereocenters. The van der Waals surface area contributed by atoms with Gasteiger partial charge in [-0.05, 0) is 32.0 Å². The van der Waals surface area contributed by atoms with Crippen LogP contribution in [0.4, 0.5) is 13.2 Å². The summed E-state index contributed by atoms with van der Waals surface area (Å²) in [5, 5.41) is 0. The van der Waals surface area contributed by atoms with E-state index in [0.717, 1.165) is 0 Å². The lowest BCUT2D eigenvalue weighted by molar-refractivity contribution is -0.0507. The van der Waals surface area contributed by atoms with Gasteiger partial charge in [0.1, 0.15) is 23.0 Å². The number of fused-ring (bicyclic) bond motifs is 9. The molecule has 214 valence electrons. The third-order valence-corrected chi connectivity index (χ3v) is 7.94. The van der Waals surface area contributed by atoms with Crippen molar-refractivity contribution in [3.63, 3.8) is 0 Å². The third-order valence-electron chi connectivity index (χ3n) is 7.31. The minimum Gasteiger partial charge on any atom is -0.434 e. The fraction of sp³-hybridized carbons (Fsp3) is 0.308. The van der Waals surface area contributed by atoms with Crippen molar-refractivity contribution in [2.75, 3.05) is 7.05 Å². The summed E-state index contributed by atoms with van der Waals surface area (Å²) in [4.78, 5) is 27.6. The summed E-state index contributed by atoms with van der Waals surface area (Å²) in [5.41, 5.74) is 0.0548. The Bertz CT molecular complexity index is 1830. The Balaban J connectivity index is 1.48. The molecular formula is C26H22F3N5O6S. The number of carbonyl (C=O) groups excluding carboxylic acids is 1. The second-order valence-corrected chi connectivity index (χ2v) is 11.3. The van der Waals surface area contributed by atoms with Gasteiger partial charge in [0.2, 0.25) is 0 Å². The van der Waals surface area contributed by atoms with E-state index in [9.17, 15) is 22.0 Å². The highest BCUT2D eigenvalue weighted by atomic mass is 32.3. The van der Waals surface area contributed by atoms with E-state index in [-0.39, 0.29) is 34.2 Å². The quantitative estimate of drug-likeness (QED) is 0.324. The van der Waals surface area contributed by atoms with Crippen molar-refractivity contribution in [2.24, 2.45) is 0 Å². The molecule has 41 heavy (non-hydrogen) atoms. The van der Waals surface area contributed by atoms with Crippen LogP contribution in [0.5, 0.6) is 5.75 Å². The first-order chi connectivity index (χ1) is 19.2. The number of rotatable bonds is 6. The lowest BCUT2D eigenvalue weighted by Crippen LogP contribution is -2.30. The maximum Gasteiger partial charge on any atom is 0.398 e. The fourth-order valence-electron chi connectivity index (χ4n) is 5.60. The van der Waals surface area contributed by atoms with Gasteiger partial charge in [-0.25, -0.2) is 23.5 Å². The van der Waals surface area contributed by atoms with Gasteiger partial charge >= 0.3 is 17.0 Å². The number of amides is 1. The van der Waals surface area contributed by atoms with Crippen molar-refractivity contribution in [1.29, 1.82) is 0 Å². The topological polar surface area (TPSA) is 137 Å². The Morgan fingerprint density at radius 3 is 2.49 bits per heavy atom. The Hall–Kier alpha value is -4.08. The molecule has 0 saturated carbocycles. The van der Waals surface area contributed by atoms with Crippen molar-refractivity contribution < 1.29 is 39.9 Å². The maximum atomic E-state index is 15.4. The van der Waals surface area contributed by atoms with Crippen LogP contribution in [0.3, 0.4) is 0 Å². The monoisotopic (exact) mass is 589 g/mol. The molecule has 0 fully saturated rings. The molecule has 4 heterocycles. The van der Waals surface area contributed by atoms with E-state index in [0.29, 0.717) is 28.8 Å². The number of aromatic nitrogens is 4. The molecule has 0 unspecified atom stereocenters. The minimum absolute atomic E-state index is 0.0773. The van der Waals surface area contributed by atoms with Crippen LogP contribution in [0, 0.1) is 5.82 Å². The lowest BCUT2D eigenvalue weighted by Gasteiger charge is -2.24. The zero-order valence-corrected chi connectivity index (χ0v) is 22.6. The zero-order chi connectivity index (χ0) is 29.4. The predicted octanol–water partition coefficient (Wildman–Crippen LogP) is 4.41. The van der Waals surface area contributed by atoms with Crippen LogP contribution >= 0.6 is 0 Å². The predicted molar refractivity (Wildman–Crippen MR) is 137 cm³/mol. The molecule has 1 amide bonds. The molecule has 1 N–H and O–H groups in total. The number of hydrogen-bond acceptors (Lipinski definition) is 8. The summed E-state index contributed by atoms with van der Waals surface area (Å²) < 4.78 is 84.7. The molecule has 2 aliphatic heterocycles. The van der Waals surface area contributed by atoms with Crippen LogP contribution in [0.2, 0.25) is 0 Å². The van der Waals surface area contributed by atoms with E-state index in [2.05, 4.69) is 19.1 Å². The standard InChI is InChI=1S/C26H22F3N5O6S/c1-26(2,40-41(36,37)38)24-30-10-12(11-31-24)14-7-17-16(8-15(14)27)32-22-19-9-18(34(17)22)21-13(23(35)33(19)3)5-4-6-20(21)39-25(28)29/h4-8,10-11,18-19,25H,9H2,1-3H3,(H,36,37,38)/t18-,19-/m1/s1. The molecule has 0 aliphatic carbocycles. The lowest BCUT2D eigenvalue weighted by atomic mass is 9.97. The van der Waals surface area contributed by atoms with Gasteiger partial charge in [-0.3, -0.25) is 9.35 Å². The molecule has 0 spiro atoms. The first-order valence-electron chi connectivity index (χ1n) is 12.3. The van der Waals surface area contributed by atoms with Gasteiger partial charge in [-0.2, -0.15) is 17.2 Å². The molecule has 11 nitrogen and oxygen atoms in total. The maximum absolute atomic E-state index is 15.4. The average molecular weight is 590 g/mol. The van der Waals surface area contributed by atoms with E-state index in [1.165, 1.54) is 55.4 Å². The third kappa shape index (κ3) is 4.49. The van der Waals surface area contributed by atoms with Crippen LogP contribution in [0.15, 0.2) is 42.7 Å². The molecule has 15 heteroatoms. The average Bonchev–Trinajstić information content (AvgIpc) is 3.39. The number of imidazole rings is 1. The van der Waals surface area contributed by atoms with E-state index < -0.39 is 40.5 Å². The van der Waals surface area contributed by atoms with E-state index >= 15 is 4.39 Å². The van der Waals surface area contributed by atoms with Crippen LogP contribution in [-0.4, -0.2) is 57.0 Å².